The normalized spacial score (nSPS) is 14.0. The SMILES string of the molecule is CCCCCC(O)c1cn(C)nc1C(C)(C)C. The van der Waals surface area contributed by atoms with E-state index in [2.05, 4.69) is 32.8 Å². The summed E-state index contributed by atoms with van der Waals surface area (Å²) in [5, 5.41) is 14.7. The number of aromatic nitrogens is 2. The van der Waals surface area contributed by atoms with Gasteiger partial charge in [0.25, 0.3) is 0 Å². The number of unbranched alkanes of at least 4 members (excludes halogenated alkanes) is 2. The van der Waals surface area contributed by atoms with Crippen LogP contribution in [0.15, 0.2) is 6.20 Å². The van der Waals surface area contributed by atoms with Gasteiger partial charge in [-0.3, -0.25) is 4.68 Å². The fourth-order valence-corrected chi connectivity index (χ4v) is 2.08. The second kappa shape index (κ2) is 5.67. The van der Waals surface area contributed by atoms with Gasteiger partial charge < -0.3 is 5.11 Å². The van der Waals surface area contributed by atoms with Crippen molar-refractivity contribution in [1.82, 2.24) is 9.78 Å². The Kier molecular flexibility index (Phi) is 4.75. The Balaban J connectivity index is 2.82. The van der Waals surface area contributed by atoms with Crippen molar-refractivity contribution in [1.29, 1.82) is 0 Å². The summed E-state index contributed by atoms with van der Waals surface area (Å²) in [4.78, 5) is 0. The summed E-state index contributed by atoms with van der Waals surface area (Å²) >= 11 is 0. The molecule has 0 radical (unpaired) electrons. The molecule has 98 valence electrons. The monoisotopic (exact) mass is 238 g/mol. The second-order valence-electron chi connectivity index (χ2n) is 5.87. The van der Waals surface area contributed by atoms with Gasteiger partial charge in [0.05, 0.1) is 11.8 Å². The van der Waals surface area contributed by atoms with Crippen molar-refractivity contribution in [3.8, 4) is 0 Å². The van der Waals surface area contributed by atoms with Crippen molar-refractivity contribution in [2.45, 2.75) is 64.9 Å². The van der Waals surface area contributed by atoms with Crippen LogP contribution in [0.2, 0.25) is 0 Å². The van der Waals surface area contributed by atoms with Crippen molar-refractivity contribution < 1.29 is 5.11 Å². The lowest BCUT2D eigenvalue weighted by molar-refractivity contribution is 0.161. The Morgan fingerprint density at radius 1 is 1.35 bits per heavy atom. The predicted octanol–water partition coefficient (Wildman–Crippen LogP) is 3.33. The minimum absolute atomic E-state index is 0.0116. The third-order valence-electron chi connectivity index (χ3n) is 3.01. The zero-order valence-electron chi connectivity index (χ0n) is 11.8. The lowest BCUT2D eigenvalue weighted by Crippen LogP contribution is -2.16. The lowest BCUT2D eigenvalue weighted by atomic mass is 9.87. The van der Waals surface area contributed by atoms with Gasteiger partial charge in [0.2, 0.25) is 0 Å². The zero-order chi connectivity index (χ0) is 13.1. The Morgan fingerprint density at radius 3 is 2.53 bits per heavy atom. The van der Waals surface area contributed by atoms with Gasteiger partial charge >= 0.3 is 0 Å². The average Bonchev–Trinajstić information content (AvgIpc) is 2.60. The van der Waals surface area contributed by atoms with Crippen LogP contribution in [0.25, 0.3) is 0 Å². The number of nitrogens with zero attached hydrogens (tertiary/aromatic N) is 2. The molecule has 17 heavy (non-hydrogen) atoms. The Bertz CT molecular complexity index is 350. The van der Waals surface area contributed by atoms with Gasteiger partial charge in [-0.1, -0.05) is 47.0 Å². The molecule has 1 N–H and O–H groups in total. The number of hydrogen-bond donors (Lipinski definition) is 1. The molecule has 0 saturated carbocycles. The molecule has 1 aromatic heterocycles. The summed E-state index contributed by atoms with van der Waals surface area (Å²) in [6.45, 7) is 8.59. The molecule has 1 atom stereocenters. The highest BCUT2D eigenvalue weighted by Crippen LogP contribution is 2.30. The Hall–Kier alpha value is -0.830. The quantitative estimate of drug-likeness (QED) is 0.799. The highest BCUT2D eigenvalue weighted by atomic mass is 16.3. The highest BCUT2D eigenvalue weighted by molar-refractivity contribution is 5.26. The number of hydrogen-bond acceptors (Lipinski definition) is 2. The van der Waals surface area contributed by atoms with E-state index >= 15 is 0 Å². The van der Waals surface area contributed by atoms with E-state index in [1.807, 2.05) is 13.2 Å². The molecule has 0 aliphatic rings. The minimum atomic E-state index is -0.371. The summed E-state index contributed by atoms with van der Waals surface area (Å²) in [5.41, 5.74) is 2.00. The highest BCUT2D eigenvalue weighted by Gasteiger charge is 2.25. The summed E-state index contributed by atoms with van der Waals surface area (Å²) in [5.74, 6) is 0. The first-order valence-electron chi connectivity index (χ1n) is 6.58. The van der Waals surface area contributed by atoms with Crippen LogP contribution in [0.3, 0.4) is 0 Å². The van der Waals surface area contributed by atoms with Crippen LogP contribution in [-0.4, -0.2) is 14.9 Å². The van der Waals surface area contributed by atoms with Gasteiger partial charge in [0.15, 0.2) is 0 Å². The Labute approximate surface area is 105 Å². The molecule has 1 rings (SSSR count). The first-order valence-corrected chi connectivity index (χ1v) is 6.58. The maximum atomic E-state index is 10.3. The summed E-state index contributed by atoms with van der Waals surface area (Å²) < 4.78 is 1.80. The van der Waals surface area contributed by atoms with Crippen LogP contribution >= 0.6 is 0 Å². The molecule has 1 heterocycles. The van der Waals surface area contributed by atoms with Crippen LogP contribution in [0.5, 0.6) is 0 Å². The topological polar surface area (TPSA) is 38.0 Å². The molecule has 0 saturated heterocycles. The molecule has 0 amide bonds. The average molecular weight is 238 g/mol. The van der Waals surface area contributed by atoms with Crippen LogP contribution in [0, 0.1) is 0 Å². The molecule has 0 aromatic carbocycles. The molecular formula is C14H26N2O. The van der Waals surface area contributed by atoms with E-state index in [1.54, 1.807) is 4.68 Å². The number of aryl methyl sites for hydroxylation is 1. The molecule has 0 fully saturated rings. The third-order valence-corrected chi connectivity index (χ3v) is 3.01. The van der Waals surface area contributed by atoms with E-state index in [0.29, 0.717) is 0 Å². The van der Waals surface area contributed by atoms with Crippen molar-refractivity contribution in [2.24, 2.45) is 7.05 Å². The van der Waals surface area contributed by atoms with Gasteiger partial charge in [-0.2, -0.15) is 5.10 Å². The largest absolute Gasteiger partial charge is 0.388 e. The van der Waals surface area contributed by atoms with Gasteiger partial charge in [0, 0.05) is 24.2 Å². The van der Waals surface area contributed by atoms with E-state index in [9.17, 15) is 5.11 Å². The van der Waals surface area contributed by atoms with Crippen molar-refractivity contribution >= 4 is 0 Å². The van der Waals surface area contributed by atoms with Crippen LogP contribution in [0.4, 0.5) is 0 Å². The molecule has 0 spiro atoms. The fourth-order valence-electron chi connectivity index (χ4n) is 2.08. The van der Waals surface area contributed by atoms with Crippen LogP contribution in [0.1, 0.15) is 70.7 Å². The number of rotatable bonds is 5. The van der Waals surface area contributed by atoms with Crippen molar-refractivity contribution in [3.63, 3.8) is 0 Å². The van der Waals surface area contributed by atoms with Gasteiger partial charge in [-0.15, -0.1) is 0 Å². The van der Waals surface area contributed by atoms with Gasteiger partial charge in [-0.25, -0.2) is 0 Å². The van der Waals surface area contributed by atoms with Gasteiger partial charge in [0.1, 0.15) is 0 Å². The number of aliphatic hydroxyl groups excluding tert-OH is 1. The summed E-state index contributed by atoms with van der Waals surface area (Å²) in [6.07, 6.45) is 5.87. The minimum Gasteiger partial charge on any atom is -0.388 e. The van der Waals surface area contributed by atoms with Crippen LogP contribution in [-0.2, 0) is 12.5 Å². The van der Waals surface area contributed by atoms with Gasteiger partial charge in [-0.05, 0) is 6.42 Å². The molecule has 3 heteroatoms. The zero-order valence-corrected chi connectivity index (χ0v) is 11.8. The van der Waals surface area contributed by atoms with E-state index < -0.39 is 0 Å². The first-order chi connectivity index (χ1) is 7.86. The molecule has 0 aliphatic heterocycles. The molecule has 0 bridgehead atoms. The lowest BCUT2D eigenvalue weighted by Gasteiger charge is -2.19. The smallest absolute Gasteiger partial charge is 0.0823 e. The molecule has 1 aromatic rings. The summed E-state index contributed by atoms with van der Waals surface area (Å²) in [7, 11) is 1.91. The standard InChI is InChI=1S/C14H26N2O/c1-6-7-8-9-12(17)11-10-16(5)15-13(11)14(2,3)4/h10,12,17H,6-9H2,1-5H3. The third kappa shape index (κ3) is 3.84. The Morgan fingerprint density at radius 2 is 2.00 bits per heavy atom. The summed E-state index contributed by atoms with van der Waals surface area (Å²) in [6, 6.07) is 0. The predicted molar refractivity (Wildman–Crippen MR) is 71.0 cm³/mol. The van der Waals surface area contributed by atoms with E-state index in [4.69, 9.17) is 0 Å². The van der Waals surface area contributed by atoms with E-state index in [1.165, 1.54) is 12.8 Å². The maximum Gasteiger partial charge on any atom is 0.0823 e. The molecular weight excluding hydrogens is 212 g/mol. The van der Waals surface area contributed by atoms with Crippen molar-refractivity contribution in [2.75, 3.05) is 0 Å². The van der Waals surface area contributed by atoms with Crippen LogP contribution < -0.4 is 0 Å². The second-order valence-corrected chi connectivity index (χ2v) is 5.87. The molecule has 0 aliphatic carbocycles. The van der Waals surface area contributed by atoms with E-state index in [-0.39, 0.29) is 11.5 Å². The van der Waals surface area contributed by atoms with Crippen molar-refractivity contribution in [3.05, 3.63) is 17.5 Å². The maximum absolute atomic E-state index is 10.3. The fraction of sp³-hybridized carbons (Fsp3) is 0.786. The first kappa shape index (κ1) is 14.2. The molecule has 3 nitrogen and oxygen atoms in total. The number of aliphatic hydroxyl groups is 1. The molecule has 1 unspecified atom stereocenters. The van der Waals surface area contributed by atoms with E-state index in [0.717, 1.165) is 24.1 Å².